The molecule has 0 aliphatic heterocycles. The summed E-state index contributed by atoms with van der Waals surface area (Å²) in [5, 5.41) is 18.3. The minimum Gasteiger partial charge on any atom is -0.493 e. The normalized spacial score (nSPS) is 11.2. The van der Waals surface area contributed by atoms with Gasteiger partial charge in [0.1, 0.15) is 5.75 Å². The van der Waals surface area contributed by atoms with Gasteiger partial charge in [-0.1, -0.05) is 23.7 Å². The number of carbonyl (C=O) groups excluding carboxylic acids is 1. The average molecular weight is 409 g/mol. The Bertz CT molecular complexity index is 939. The SMILES string of the molecule is O=C(COc1ccccc1Br)N=Nc1c(O)[nH]c2ccc(Cl)cc12. The Labute approximate surface area is 150 Å². The molecule has 0 radical (unpaired) electrons. The maximum Gasteiger partial charge on any atom is 0.302 e. The van der Waals surface area contributed by atoms with Gasteiger partial charge in [0.2, 0.25) is 5.88 Å². The van der Waals surface area contributed by atoms with E-state index in [-0.39, 0.29) is 18.2 Å². The highest BCUT2D eigenvalue weighted by Gasteiger charge is 2.12. The molecule has 0 bridgehead atoms. The summed E-state index contributed by atoms with van der Waals surface area (Å²) in [6, 6.07) is 12.2. The van der Waals surface area contributed by atoms with Gasteiger partial charge in [-0.05, 0) is 46.3 Å². The van der Waals surface area contributed by atoms with Gasteiger partial charge < -0.3 is 14.8 Å². The van der Waals surface area contributed by atoms with Gasteiger partial charge in [-0.25, -0.2) is 0 Å². The van der Waals surface area contributed by atoms with Gasteiger partial charge in [0, 0.05) is 10.4 Å². The zero-order valence-corrected chi connectivity index (χ0v) is 14.5. The predicted molar refractivity (Wildman–Crippen MR) is 94.1 cm³/mol. The van der Waals surface area contributed by atoms with Crippen molar-refractivity contribution in [3.8, 4) is 11.6 Å². The topological polar surface area (TPSA) is 87.0 Å². The molecule has 1 heterocycles. The van der Waals surface area contributed by atoms with Gasteiger partial charge in [-0.2, -0.15) is 0 Å². The highest BCUT2D eigenvalue weighted by molar-refractivity contribution is 9.10. The average Bonchev–Trinajstić information content (AvgIpc) is 2.87. The molecule has 3 rings (SSSR count). The number of rotatable bonds is 4. The number of amides is 1. The van der Waals surface area contributed by atoms with E-state index in [0.717, 1.165) is 4.47 Å². The number of benzene rings is 2. The number of nitrogens with zero attached hydrogens (tertiary/aromatic N) is 2. The minimum absolute atomic E-state index is 0.154. The summed E-state index contributed by atoms with van der Waals surface area (Å²) in [7, 11) is 0. The monoisotopic (exact) mass is 407 g/mol. The fourth-order valence-electron chi connectivity index (χ4n) is 2.07. The van der Waals surface area contributed by atoms with Crippen LogP contribution in [0.15, 0.2) is 57.2 Å². The van der Waals surface area contributed by atoms with Crippen molar-refractivity contribution in [3.05, 3.63) is 52.0 Å². The van der Waals surface area contributed by atoms with Crippen molar-refractivity contribution < 1.29 is 14.6 Å². The highest BCUT2D eigenvalue weighted by atomic mass is 79.9. The molecule has 0 saturated carbocycles. The summed E-state index contributed by atoms with van der Waals surface area (Å²) in [6.07, 6.45) is 0. The second-order valence-corrected chi connectivity index (χ2v) is 6.12. The molecular weight excluding hydrogens is 398 g/mol. The Hall–Kier alpha value is -2.38. The molecule has 0 saturated heterocycles. The maximum absolute atomic E-state index is 11.8. The summed E-state index contributed by atoms with van der Waals surface area (Å²) >= 11 is 9.26. The van der Waals surface area contributed by atoms with Crippen molar-refractivity contribution in [1.29, 1.82) is 0 Å². The predicted octanol–water partition coefficient (Wildman–Crippen LogP) is 4.98. The number of aromatic amines is 1. The lowest BCUT2D eigenvalue weighted by molar-refractivity contribution is -0.120. The van der Waals surface area contributed by atoms with Gasteiger partial charge in [0.05, 0.1) is 9.99 Å². The summed E-state index contributed by atoms with van der Waals surface area (Å²) < 4.78 is 6.10. The van der Waals surface area contributed by atoms with Crippen LogP contribution >= 0.6 is 27.5 Å². The number of fused-ring (bicyclic) bond motifs is 1. The Balaban J connectivity index is 1.74. The van der Waals surface area contributed by atoms with Crippen LogP contribution in [0.3, 0.4) is 0 Å². The molecule has 2 N–H and O–H groups in total. The van der Waals surface area contributed by atoms with Gasteiger partial charge in [-0.3, -0.25) is 4.79 Å². The van der Waals surface area contributed by atoms with E-state index < -0.39 is 5.91 Å². The van der Waals surface area contributed by atoms with Gasteiger partial charge in [0.25, 0.3) is 0 Å². The first kappa shape index (κ1) is 16.5. The lowest BCUT2D eigenvalue weighted by atomic mass is 10.2. The molecule has 0 atom stereocenters. The molecular formula is C16H11BrClN3O3. The molecule has 0 spiro atoms. The van der Waals surface area contributed by atoms with Gasteiger partial charge in [0.15, 0.2) is 12.3 Å². The number of H-pyrrole nitrogens is 1. The van der Waals surface area contributed by atoms with Crippen molar-refractivity contribution in [2.75, 3.05) is 6.61 Å². The number of hydrogen-bond acceptors (Lipinski definition) is 4. The van der Waals surface area contributed by atoms with E-state index in [1.54, 1.807) is 36.4 Å². The van der Waals surface area contributed by atoms with E-state index in [1.807, 2.05) is 6.07 Å². The van der Waals surface area contributed by atoms with Crippen LogP contribution in [0, 0.1) is 0 Å². The number of halogens is 2. The lowest BCUT2D eigenvalue weighted by Gasteiger charge is -2.04. The number of aromatic hydroxyl groups is 1. The van der Waals surface area contributed by atoms with Crippen LogP contribution in [0.1, 0.15) is 0 Å². The standard InChI is InChI=1S/C16H11BrClN3O3/c17-11-3-1-2-4-13(11)24-8-14(22)20-21-15-10-7-9(18)5-6-12(10)19-16(15)23/h1-7,19,23H,8H2. The largest absolute Gasteiger partial charge is 0.493 e. The van der Waals surface area contributed by atoms with Crippen LogP contribution in [0.5, 0.6) is 11.6 Å². The van der Waals surface area contributed by atoms with E-state index in [9.17, 15) is 9.90 Å². The molecule has 6 nitrogen and oxygen atoms in total. The first-order chi connectivity index (χ1) is 11.5. The molecule has 2 aromatic carbocycles. The summed E-state index contributed by atoms with van der Waals surface area (Å²) in [5.74, 6) is -0.236. The van der Waals surface area contributed by atoms with E-state index in [0.29, 0.717) is 21.7 Å². The third-order valence-corrected chi connectivity index (χ3v) is 4.05. The molecule has 24 heavy (non-hydrogen) atoms. The van der Waals surface area contributed by atoms with Crippen molar-refractivity contribution in [3.63, 3.8) is 0 Å². The number of para-hydroxylation sites is 1. The second kappa shape index (κ2) is 7.02. The molecule has 8 heteroatoms. The number of carbonyl (C=O) groups is 1. The quantitative estimate of drug-likeness (QED) is 0.597. The molecule has 0 aliphatic rings. The Morgan fingerprint density at radius 3 is 2.88 bits per heavy atom. The third-order valence-electron chi connectivity index (χ3n) is 3.16. The highest BCUT2D eigenvalue weighted by Crippen LogP contribution is 2.36. The summed E-state index contributed by atoms with van der Waals surface area (Å²) in [6.45, 7) is -0.268. The Morgan fingerprint density at radius 1 is 1.29 bits per heavy atom. The number of nitrogens with one attached hydrogen (secondary N) is 1. The van der Waals surface area contributed by atoms with E-state index >= 15 is 0 Å². The van der Waals surface area contributed by atoms with Crippen LogP contribution in [0.2, 0.25) is 5.02 Å². The smallest absolute Gasteiger partial charge is 0.302 e. The number of hydrogen-bond donors (Lipinski definition) is 2. The van der Waals surface area contributed by atoms with Crippen molar-refractivity contribution >= 4 is 50.0 Å². The minimum atomic E-state index is -0.582. The molecule has 0 fully saturated rings. The second-order valence-electron chi connectivity index (χ2n) is 4.82. The van der Waals surface area contributed by atoms with Gasteiger partial charge >= 0.3 is 5.91 Å². The van der Waals surface area contributed by atoms with E-state index in [4.69, 9.17) is 16.3 Å². The Kier molecular flexibility index (Phi) is 4.82. The molecule has 3 aromatic rings. The molecule has 1 aromatic heterocycles. The van der Waals surface area contributed by atoms with Crippen LogP contribution in [0.25, 0.3) is 10.9 Å². The zero-order chi connectivity index (χ0) is 17.1. The number of azo groups is 1. The fraction of sp³-hybridized carbons (Fsp3) is 0.0625. The van der Waals surface area contributed by atoms with Crippen LogP contribution in [-0.2, 0) is 4.79 Å². The molecule has 122 valence electrons. The van der Waals surface area contributed by atoms with Gasteiger partial charge in [-0.15, -0.1) is 10.2 Å². The summed E-state index contributed by atoms with van der Waals surface area (Å²) in [5.41, 5.74) is 0.796. The molecule has 0 unspecified atom stereocenters. The van der Waals surface area contributed by atoms with Crippen LogP contribution in [0.4, 0.5) is 5.69 Å². The van der Waals surface area contributed by atoms with Crippen LogP contribution < -0.4 is 4.74 Å². The zero-order valence-electron chi connectivity index (χ0n) is 12.2. The van der Waals surface area contributed by atoms with Crippen LogP contribution in [-0.4, -0.2) is 22.6 Å². The van der Waals surface area contributed by atoms with Crippen molar-refractivity contribution in [2.24, 2.45) is 10.2 Å². The lowest BCUT2D eigenvalue weighted by Crippen LogP contribution is -2.08. The summed E-state index contributed by atoms with van der Waals surface area (Å²) in [4.78, 5) is 14.6. The molecule has 0 aliphatic carbocycles. The first-order valence-corrected chi connectivity index (χ1v) is 8.04. The fourth-order valence-corrected chi connectivity index (χ4v) is 2.64. The maximum atomic E-state index is 11.8. The van der Waals surface area contributed by atoms with Crippen molar-refractivity contribution in [2.45, 2.75) is 0 Å². The third kappa shape index (κ3) is 3.58. The van der Waals surface area contributed by atoms with E-state index in [1.165, 1.54) is 0 Å². The first-order valence-electron chi connectivity index (χ1n) is 6.86. The molecule has 1 amide bonds. The Morgan fingerprint density at radius 2 is 2.08 bits per heavy atom. The number of aromatic nitrogens is 1. The number of ether oxygens (including phenoxy) is 1. The van der Waals surface area contributed by atoms with E-state index in [2.05, 4.69) is 31.1 Å². The van der Waals surface area contributed by atoms with Crippen molar-refractivity contribution in [1.82, 2.24) is 4.98 Å².